The summed E-state index contributed by atoms with van der Waals surface area (Å²) in [7, 11) is -2.37. The van der Waals surface area contributed by atoms with Gasteiger partial charge in [-0.3, -0.25) is 0 Å². The molecule has 3 nitrogen and oxygen atoms in total. The van der Waals surface area contributed by atoms with Gasteiger partial charge in [-0.25, -0.2) is 0 Å². The van der Waals surface area contributed by atoms with E-state index in [1.807, 2.05) is 0 Å². The van der Waals surface area contributed by atoms with Crippen LogP contribution >= 0.6 is 8.25 Å². The molecule has 0 radical (unpaired) electrons. The maximum absolute atomic E-state index is 9.89. The van der Waals surface area contributed by atoms with Gasteiger partial charge in [0.05, 0.1) is 0 Å². The first-order valence-electron chi connectivity index (χ1n) is 3.06. The molecule has 0 spiro atoms. The minimum atomic E-state index is -2.37. The van der Waals surface area contributed by atoms with Crippen LogP contribution in [0.3, 0.4) is 0 Å². The van der Waals surface area contributed by atoms with E-state index in [-0.39, 0.29) is 16.5 Å². The molecule has 64 valence electrons. The van der Waals surface area contributed by atoms with Crippen LogP contribution in [0, 0.1) is 0 Å². The maximum Gasteiger partial charge on any atom is 0.694 e. The molecule has 1 atom stereocenters. The second kappa shape index (κ2) is 9.51. The van der Waals surface area contributed by atoms with Crippen molar-refractivity contribution in [3.8, 4) is 0 Å². The van der Waals surface area contributed by atoms with Gasteiger partial charge in [0.25, 0.3) is 0 Å². The number of hydrogen-bond donors (Lipinski definition) is 1. The van der Waals surface area contributed by atoms with Gasteiger partial charge in [-0.05, 0) is 6.42 Å². The van der Waals surface area contributed by atoms with E-state index < -0.39 is 8.25 Å². The molecule has 0 saturated heterocycles. The minimum absolute atomic E-state index is 0. The van der Waals surface area contributed by atoms with E-state index in [1.54, 1.807) is 0 Å². The molecule has 0 amide bonds. The van der Waals surface area contributed by atoms with Gasteiger partial charge in [0.2, 0.25) is 0 Å². The van der Waals surface area contributed by atoms with Crippen molar-refractivity contribution in [1.82, 2.24) is 0 Å². The molecule has 0 bridgehead atoms. The van der Waals surface area contributed by atoms with Crippen molar-refractivity contribution in [1.29, 1.82) is 0 Å². The van der Waals surface area contributed by atoms with E-state index in [2.05, 4.69) is 11.4 Å². The third-order valence-corrected chi connectivity index (χ3v) is 1.35. The quantitative estimate of drug-likeness (QED) is 0.427. The van der Waals surface area contributed by atoms with Crippen LogP contribution in [0.15, 0.2) is 0 Å². The van der Waals surface area contributed by atoms with Crippen molar-refractivity contribution < 1.29 is 30.5 Å². The third-order valence-electron chi connectivity index (χ3n) is 0.950. The zero-order valence-electron chi connectivity index (χ0n) is 5.86. The first-order valence-corrected chi connectivity index (χ1v) is 4.19. The van der Waals surface area contributed by atoms with Gasteiger partial charge >= 0.3 is 8.25 Å². The van der Waals surface area contributed by atoms with Crippen molar-refractivity contribution in [2.24, 2.45) is 0 Å². The Kier molecular flexibility index (Phi) is 12.5. The van der Waals surface area contributed by atoms with Crippen LogP contribution in [0.4, 0.5) is 0 Å². The zero-order chi connectivity index (χ0) is 7.11. The van der Waals surface area contributed by atoms with Gasteiger partial charge in [-0.15, -0.1) is 9.42 Å². The van der Waals surface area contributed by atoms with Gasteiger partial charge < -0.3 is 0 Å². The molecule has 1 N–H and O–H groups in total. The number of unbranched alkanes of at least 4 members (excludes halogenated alkanes) is 2. The van der Waals surface area contributed by atoms with Gasteiger partial charge in [-0.2, -0.15) is 0 Å². The molecule has 0 rings (SSSR count). The van der Waals surface area contributed by atoms with Crippen LogP contribution in [-0.2, 0) is 25.6 Å². The van der Waals surface area contributed by atoms with Crippen LogP contribution in [0.1, 0.15) is 26.2 Å². The second-order valence-corrected chi connectivity index (χ2v) is 2.51. The van der Waals surface area contributed by atoms with E-state index in [9.17, 15) is 4.57 Å². The summed E-state index contributed by atoms with van der Waals surface area (Å²) in [5.41, 5.74) is 0. The Balaban J connectivity index is 0. The van der Waals surface area contributed by atoms with Crippen molar-refractivity contribution >= 4 is 8.25 Å². The Bertz CT molecular complexity index is 89.0. The fraction of sp³-hybridized carbons (Fsp3) is 1.00. The summed E-state index contributed by atoms with van der Waals surface area (Å²) in [5, 5.41) is 0. The minimum Gasteiger partial charge on any atom is -0.133 e. The second-order valence-electron chi connectivity index (χ2n) is 1.78. The van der Waals surface area contributed by atoms with Gasteiger partial charge in [-0.1, -0.05) is 19.8 Å². The van der Waals surface area contributed by atoms with E-state index in [0.717, 1.165) is 19.3 Å². The van der Waals surface area contributed by atoms with Crippen molar-refractivity contribution in [2.75, 3.05) is 6.61 Å². The average Bonchev–Trinajstić information content (AvgIpc) is 1.80. The van der Waals surface area contributed by atoms with Crippen LogP contribution in [0.5, 0.6) is 0 Å². The van der Waals surface area contributed by atoms with Gasteiger partial charge in [0.15, 0.2) is 0 Å². The molecule has 0 saturated carbocycles. The molecule has 0 aromatic carbocycles. The fourth-order valence-electron chi connectivity index (χ4n) is 0.495. The molecule has 10 heavy (non-hydrogen) atoms. The Labute approximate surface area is 72.0 Å². The summed E-state index contributed by atoms with van der Waals surface area (Å²) in [6, 6.07) is 0. The zero-order valence-corrected chi connectivity index (χ0v) is 7.74. The molecule has 0 aliphatic rings. The van der Waals surface area contributed by atoms with Crippen LogP contribution < -0.4 is 0 Å². The van der Waals surface area contributed by atoms with Crippen molar-refractivity contribution in [2.45, 2.75) is 26.2 Å². The predicted octanol–water partition coefficient (Wildman–Crippen LogP) is 1.84. The normalized spacial score (nSPS) is 10.4. The standard InChI is InChI=1S/C5H11O3P.Ni/c1-2-3-4-5-8-9(6)7;/h2-5H2,1H3;/p+1. The first-order chi connectivity index (χ1) is 4.27. The molecule has 0 heterocycles. The summed E-state index contributed by atoms with van der Waals surface area (Å²) in [6.45, 7) is 2.47. The van der Waals surface area contributed by atoms with Crippen LogP contribution in [0.2, 0.25) is 0 Å². The Morgan fingerprint density at radius 1 is 1.50 bits per heavy atom. The molecule has 0 aliphatic carbocycles. The SMILES string of the molecule is CCCCCO[P+](=O)O.[Ni]. The summed E-state index contributed by atoms with van der Waals surface area (Å²) in [6.07, 6.45) is 3.03. The summed E-state index contributed by atoms with van der Waals surface area (Å²) < 4.78 is 14.3. The van der Waals surface area contributed by atoms with E-state index in [4.69, 9.17) is 4.89 Å². The first kappa shape index (κ1) is 13.1. The molecule has 0 aromatic rings. The van der Waals surface area contributed by atoms with Crippen molar-refractivity contribution in [3.05, 3.63) is 0 Å². The maximum atomic E-state index is 9.89. The summed E-state index contributed by atoms with van der Waals surface area (Å²) >= 11 is 0. The topological polar surface area (TPSA) is 46.5 Å². The average molecular weight is 210 g/mol. The van der Waals surface area contributed by atoms with E-state index in [1.165, 1.54) is 0 Å². The van der Waals surface area contributed by atoms with E-state index >= 15 is 0 Å². The summed E-state index contributed by atoms with van der Waals surface area (Å²) in [4.78, 5) is 8.14. The van der Waals surface area contributed by atoms with E-state index in [0.29, 0.717) is 6.61 Å². The molecule has 0 aromatic heterocycles. The largest absolute Gasteiger partial charge is 0.694 e. The molecule has 0 fully saturated rings. The van der Waals surface area contributed by atoms with Crippen LogP contribution in [0.25, 0.3) is 0 Å². The Morgan fingerprint density at radius 3 is 2.50 bits per heavy atom. The van der Waals surface area contributed by atoms with Gasteiger partial charge in [0.1, 0.15) is 6.61 Å². The molecule has 5 heteroatoms. The predicted molar refractivity (Wildman–Crippen MR) is 35.3 cm³/mol. The third kappa shape index (κ3) is 11.3. The Hall–Kier alpha value is 0.514. The van der Waals surface area contributed by atoms with Crippen molar-refractivity contribution in [3.63, 3.8) is 0 Å². The van der Waals surface area contributed by atoms with Gasteiger partial charge in [0, 0.05) is 21.1 Å². The smallest absolute Gasteiger partial charge is 0.133 e. The molecule has 0 aliphatic heterocycles. The molecule has 1 unspecified atom stereocenters. The summed E-state index contributed by atoms with van der Waals surface area (Å²) in [5.74, 6) is 0. The molecular weight excluding hydrogens is 198 g/mol. The Morgan fingerprint density at radius 2 is 2.10 bits per heavy atom. The number of rotatable bonds is 5. The van der Waals surface area contributed by atoms with Crippen LogP contribution in [-0.4, -0.2) is 11.5 Å². The molecular formula is C5H12NiO3P+. The monoisotopic (exact) mass is 209 g/mol. The fourth-order valence-corrected chi connectivity index (χ4v) is 0.780. The number of hydrogen-bond acceptors (Lipinski definition) is 2.